The van der Waals surface area contributed by atoms with Gasteiger partial charge in [-0.15, -0.1) is 0 Å². The molecule has 0 aliphatic rings. The van der Waals surface area contributed by atoms with Crippen molar-refractivity contribution in [2.45, 2.75) is 16.8 Å². The zero-order chi connectivity index (χ0) is 14.7. The van der Waals surface area contributed by atoms with Crippen LogP contribution < -0.4 is 5.73 Å². The molecule has 0 radical (unpaired) electrons. The molecule has 104 valence electrons. The van der Waals surface area contributed by atoms with Gasteiger partial charge in [0.1, 0.15) is 5.03 Å². The molecule has 0 bridgehead atoms. The maximum absolute atomic E-state index is 8.88. The molecule has 0 saturated carbocycles. The minimum atomic E-state index is 0.0104. The number of pyridine rings is 1. The van der Waals surface area contributed by atoms with E-state index in [4.69, 9.17) is 34.1 Å². The van der Waals surface area contributed by atoms with Crippen molar-refractivity contribution in [3.8, 4) is 0 Å². The number of halogens is 2. The number of nitrogens with zero attached hydrogens (tertiary/aromatic N) is 2. The quantitative estimate of drug-likeness (QED) is 0.387. The maximum atomic E-state index is 8.88. The Balaban J connectivity index is 2.49. The third kappa shape index (κ3) is 3.17. The summed E-state index contributed by atoms with van der Waals surface area (Å²) in [6, 6.07) is 6.96. The Bertz CT molecular complexity index is 677. The van der Waals surface area contributed by atoms with E-state index < -0.39 is 0 Å². The van der Waals surface area contributed by atoms with Gasteiger partial charge in [0.15, 0.2) is 5.84 Å². The number of nitrogens with two attached hydrogens (primary N) is 1. The van der Waals surface area contributed by atoms with Crippen LogP contribution in [0.4, 0.5) is 0 Å². The molecule has 0 spiro atoms. The maximum Gasteiger partial charge on any atom is 0.173 e. The normalized spacial score (nSPS) is 11.7. The SMILES string of the molecule is Cc1ccnc(Sc2cc(Cl)ccc2Cl)c1/C(N)=N/O. The van der Waals surface area contributed by atoms with Crippen LogP contribution in [-0.2, 0) is 0 Å². The molecule has 2 rings (SSSR count). The van der Waals surface area contributed by atoms with Crippen molar-refractivity contribution < 1.29 is 5.21 Å². The molecule has 20 heavy (non-hydrogen) atoms. The molecular weight excluding hydrogens is 317 g/mol. The van der Waals surface area contributed by atoms with Gasteiger partial charge in [0.2, 0.25) is 0 Å². The van der Waals surface area contributed by atoms with Crippen LogP contribution in [0.5, 0.6) is 0 Å². The summed E-state index contributed by atoms with van der Waals surface area (Å²) in [5.74, 6) is 0.0104. The van der Waals surface area contributed by atoms with Crippen molar-refractivity contribution in [2.24, 2.45) is 10.9 Å². The third-order valence-electron chi connectivity index (χ3n) is 2.59. The van der Waals surface area contributed by atoms with Crippen molar-refractivity contribution in [1.82, 2.24) is 4.98 Å². The number of benzene rings is 1. The average Bonchev–Trinajstić information content (AvgIpc) is 2.42. The van der Waals surface area contributed by atoms with Gasteiger partial charge in [-0.2, -0.15) is 0 Å². The Morgan fingerprint density at radius 3 is 2.80 bits per heavy atom. The van der Waals surface area contributed by atoms with Crippen LogP contribution in [0.3, 0.4) is 0 Å². The van der Waals surface area contributed by atoms with E-state index in [-0.39, 0.29) is 5.84 Å². The van der Waals surface area contributed by atoms with Crippen molar-refractivity contribution in [3.63, 3.8) is 0 Å². The molecule has 2 aromatic rings. The molecule has 0 unspecified atom stereocenters. The molecule has 1 heterocycles. The highest BCUT2D eigenvalue weighted by Crippen LogP contribution is 2.36. The number of amidine groups is 1. The zero-order valence-corrected chi connectivity index (χ0v) is 12.8. The van der Waals surface area contributed by atoms with E-state index >= 15 is 0 Å². The number of hydrogen-bond donors (Lipinski definition) is 2. The number of hydrogen-bond acceptors (Lipinski definition) is 4. The van der Waals surface area contributed by atoms with Gasteiger partial charge < -0.3 is 10.9 Å². The van der Waals surface area contributed by atoms with Gasteiger partial charge in [-0.05, 0) is 36.8 Å². The molecular formula is C13H11Cl2N3OS. The van der Waals surface area contributed by atoms with Gasteiger partial charge in [0, 0.05) is 16.1 Å². The molecule has 0 aliphatic heterocycles. The Morgan fingerprint density at radius 1 is 1.35 bits per heavy atom. The van der Waals surface area contributed by atoms with Gasteiger partial charge in [-0.25, -0.2) is 4.98 Å². The van der Waals surface area contributed by atoms with E-state index in [1.165, 1.54) is 11.8 Å². The molecule has 7 heteroatoms. The third-order valence-corrected chi connectivity index (χ3v) is 4.33. The second-order valence-corrected chi connectivity index (χ2v) is 5.84. The molecule has 3 N–H and O–H groups in total. The summed E-state index contributed by atoms with van der Waals surface area (Å²) in [5.41, 5.74) is 7.14. The Labute approximate surface area is 130 Å². The molecule has 0 saturated heterocycles. The minimum absolute atomic E-state index is 0.0104. The highest BCUT2D eigenvalue weighted by atomic mass is 35.5. The van der Waals surface area contributed by atoms with E-state index in [0.717, 1.165) is 10.5 Å². The van der Waals surface area contributed by atoms with Crippen LogP contribution in [-0.4, -0.2) is 16.0 Å². The van der Waals surface area contributed by atoms with Gasteiger partial charge >= 0.3 is 0 Å². The fourth-order valence-corrected chi connectivity index (χ4v) is 3.14. The molecule has 0 aliphatic carbocycles. The van der Waals surface area contributed by atoms with E-state index in [0.29, 0.717) is 20.6 Å². The summed E-state index contributed by atoms with van der Waals surface area (Å²) in [7, 11) is 0. The van der Waals surface area contributed by atoms with Gasteiger partial charge in [0.05, 0.1) is 10.6 Å². The van der Waals surface area contributed by atoms with E-state index in [1.807, 2.05) is 6.92 Å². The van der Waals surface area contributed by atoms with Crippen molar-refractivity contribution >= 4 is 40.8 Å². The van der Waals surface area contributed by atoms with E-state index in [1.54, 1.807) is 30.5 Å². The predicted octanol–water partition coefficient (Wildman–Crippen LogP) is 3.94. The molecule has 0 amide bonds. The summed E-state index contributed by atoms with van der Waals surface area (Å²) in [5, 5.41) is 13.7. The molecule has 0 fully saturated rings. The molecule has 4 nitrogen and oxygen atoms in total. The topological polar surface area (TPSA) is 71.5 Å². The summed E-state index contributed by atoms with van der Waals surface area (Å²) >= 11 is 13.4. The first-order chi connectivity index (χ1) is 9.52. The Kier molecular flexibility index (Phi) is 4.75. The zero-order valence-electron chi connectivity index (χ0n) is 10.5. The van der Waals surface area contributed by atoms with E-state index in [2.05, 4.69) is 10.1 Å². The first-order valence-electron chi connectivity index (χ1n) is 5.59. The lowest BCUT2D eigenvalue weighted by Gasteiger charge is -2.10. The van der Waals surface area contributed by atoms with Crippen LogP contribution in [0.25, 0.3) is 0 Å². The van der Waals surface area contributed by atoms with Crippen LogP contribution in [0.2, 0.25) is 10.0 Å². The lowest BCUT2D eigenvalue weighted by molar-refractivity contribution is 0.318. The fourth-order valence-electron chi connectivity index (χ4n) is 1.63. The fraction of sp³-hybridized carbons (Fsp3) is 0.0769. The van der Waals surface area contributed by atoms with Crippen LogP contribution in [0, 0.1) is 6.92 Å². The summed E-state index contributed by atoms with van der Waals surface area (Å²) in [6.45, 7) is 1.86. The highest BCUT2D eigenvalue weighted by Gasteiger charge is 2.14. The lowest BCUT2D eigenvalue weighted by atomic mass is 10.1. The Morgan fingerprint density at radius 2 is 2.10 bits per heavy atom. The summed E-state index contributed by atoms with van der Waals surface area (Å²) < 4.78 is 0. The highest BCUT2D eigenvalue weighted by molar-refractivity contribution is 7.99. The molecule has 1 aromatic heterocycles. The summed E-state index contributed by atoms with van der Waals surface area (Å²) in [6.07, 6.45) is 1.66. The van der Waals surface area contributed by atoms with Gasteiger partial charge in [0.25, 0.3) is 0 Å². The molecule has 0 atom stereocenters. The molecule has 1 aromatic carbocycles. The van der Waals surface area contributed by atoms with Crippen molar-refractivity contribution in [2.75, 3.05) is 0 Å². The van der Waals surface area contributed by atoms with E-state index in [9.17, 15) is 0 Å². The van der Waals surface area contributed by atoms with Crippen LogP contribution in [0.15, 0.2) is 45.5 Å². The average molecular weight is 328 g/mol. The van der Waals surface area contributed by atoms with Gasteiger partial charge in [-0.1, -0.05) is 40.1 Å². The van der Waals surface area contributed by atoms with Crippen molar-refractivity contribution in [3.05, 3.63) is 51.6 Å². The standard InChI is InChI=1S/C13H11Cl2N3OS/c1-7-4-5-17-13(11(7)12(16)18-19)20-10-6-8(14)2-3-9(10)15/h2-6,19H,1H3,(H2,16,18). The summed E-state index contributed by atoms with van der Waals surface area (Å²) in [4.78, 5) is 5.02. The minimum Gasteiger partial charge on any atom is -0.409 e. The number of aromatic nitrogens is 1. The van der Waals surface area contributed by atoms with Crippen LogP contribution >= 0.6 is 35.0 Å². The number of oxime groups is 1. The van der Waals surface area contributed by atoms with Crippen LogP contribution in [0.1, 0.15) is 11.1 Å². The first-order valence-corrected chi connectivity index (χ1v) is 7.16. The predicted molar refractivity (Wildman–Crippen MR) is 82.1 cm³/mol. The monoisotopic (exact) mass is 327 g/mol. The number of rotatable bonds is 3. The second kappa shape index (κ2) is 6.35. The van der Waals surface area contributed by atoms with Gasteiger partial charge in [-0.3, -0.25) is 0 Å². The lowest BCUT2D eigenvalue weighted by Crippen LogP contribution is -2.16. The number of aryl methyl sites for hydroxylation is 1. The smallest absolute Gasteiger partial charge is 0.173 e. The largest absolute Gasteiger partial charge is 0.409 e. The first kappa shape index (κ1) is 15.0. The Hall–Kier alpha value is -1.43. The van der Waals surface area contributed by atoms with Crippen molar-refractivity contribution in [1.29, 1.82) is 0 Å². The second-order valence-electron chi connectivity index (χ2n) is 3.97.